The minimum Gasteiger partial charge on any atom is -0.504 e. The fourth-order valence-electron chi connectivity index (χ4n) is 4.78. The first kappa shape index (κ1) is 32.0. The highest BCUT2D eigenvalue weighted by Gasteiger charge is 2.47. The quantitative estimate of drug-likeness (QED) is 0.185. The van der Waals surface area contributed by atoms with Gasteiger partial charge in [-0.3, -0.25) is 4.79 Å². The van der Waals surface area contributed by atoms with Gasteiger partial charge in [-0.15, -0.1) is 0 Å². The number of phenolic OH excluding ortho intramolecular Hbond substituents is 1. The first-order chi connectivity index (χ1) is 19.6. The molecule has 0 unspecified atom stereocenters. The van der Waals surface area contributed by atoms with Crippen LogP contribution in [0.4, 0.5) is 0 Å². The number of aliphatic hydroxyl groups is 4. The normalized spacial score (nSPS) is 23.5. The maximum absolute atomic E-state index is 13.7. The number of aromatic hydroxyl groups is 1. The Balaban J connectivity index is 2.01. The van der Waals surface area contributed by atoms with Gasteiger partial charge in [-0.1, -0.05) is 30.3 Å². The van der Waals surface area contributed by atoms with E-state index in [1.807, 2.05) is 24.3 Å². The molecule has 11 nitrogen and oxygen atoms in total. The van der Waals surface area contributed by atoms with E-state index >= 15 is 0 Å². The molecule has 11 heteroatoms. The lowest BCUT2D eigenvalue weighted by Gasteiger charge is -2.40. The summed E-state index contributed by atoms with van der Waals surface area (Å²) in [6.45, 7) is 2.41. The molecule has 2 aromatic carbocycles. The number of hydrogen-bond acceptors (Lipinski definition) is 11. The number of carbonyl (C=O) groups is 2. The van der Waals surface area contributed by atoms with Crippen molar-refractivity contribution in [1.29, 1.82) is 0 Å². The first-order valence-corrected chi connectivity index (χ1v) is 13.4. The molecular weight excluding hydrogens is 536 g/mol. The second kappa shape index (κ2) is 14.9. The van der Waals surface area contributed by atoms with Crippen LogP contribution >= 0.6 is 0 Å². The van der Waals surface area contributed by atoms with Crippen molar-refractivity contribution in [2.24, 2.45) is 0 Å². The predicted molar refractivity (Wildman–Crippen MR) is 147 cm³/mol. The number of carbonyl (C=O) groups excluding carboxylic acids is 2. The van der Waals surface area contributed by atoms with Gasteiger partial charge in [0.15, 0.2) is 30.0 Å². The van der Waals surface area contributed by atoms with Gasteiger partial charge in [0.1, 0.15) is 6.10 Å². The number of benzene rings is 2. The van der Waals surface area contributed by atoms with Crippen LogP contribution in [0.1, 0.15) is 49.3 Å². The van der Waals surface area contributed by atoms with E-state index < -0.39 is 42.6 Å². The first-order valence-electron chi connectivity index (χ1n) is 13.4. The monoisotopic (exact) mass is 574 g/mol. The Morgan fingerprint density at radius 1 is 1.05 bits per heavy atom. The van der Waals surface area contributed by atoms with Crippen molar-refractivity contribution in [2.75, 3.05) is 20.3 Å². The Morgan fingerprint density at radius 2 is 1.80 bits per heavy atom. The molecule has 0 radical (unpaired) electrons. The molecule has 0 amide bonds. The zero-order valence-electron chi connectivity index (χ0n) is 23.3. The maximum atomic E-state index is 13.7. The molecule has 0 spiro atoms. The van der Waals surface area contributed by atoms with Crippen LogP contribution < -0.4 is 4.74 Å². The lowest BCUT2D eigenvalue weighted by Crippen LogP contribution is -2.59. The van der Waals surface area contributed by atoms with Crippen LogP contribution in [0.2, 0.25) is 0 Å². The molecule has 0 aliphatic carbocycles. The van der Waals surface area contributed by atoms with Crippen LogP contribution in [0.25, 0.3) is 6.08 Å². The largest absolute Gasteiger partial charge is 0.504 e. The molecule has 1 heterocycles. The summed E-state index contributed by atoms with van der Waals surface area (Å²) in [5, 5.41) is 50.4. The summed E-state index contributed by atoms with van der Waals surface area (Å²) in [7, 11) is 1.39. The zero-order chi connectivity index (χ0) is 30.1. The summed E-state index contributed by atoms with van der Waals surface area (Å²) in [6, 6.07) is 12.0. The van der Waals surface area contributed by atoms with Crippen molar-refractivity contribution >= 4 is 18.0 Å². The van der Waals surface area contributed by atoms with Crippen LogP contribution in [0.5, 0.6) is 11.5 Å². The number of esters is 2. The van der Waals surface area contributed by atoms with Crippen LogP contribution in [-0.2, 0) is 30.2 Å². The fourth-order valence-corrected chi connectivity index (χ4v) is 4.78. The van der Waals surface area contributed by atoms with Crippen LogP contribution in [0.3, 0.4) is 0 Å². The highest BCUT2D eigenvalue weighted by Crippen LogP contribution is 2.33. The second-order valence-corrected chi connectivity index (χ2v) is 9.90. The van der Waals surface area contributed by atoms with Gasteiger partial charge in [0, 0.05) is 25.7 Å². The summed E-state index contributed by atoms with van der Waals surface area (Å²) in [4.78, 5) is 25.4. The van der Waals surface area contributed by atoms with Crippen molar-refractivity contribution in [3.05, 3.63) is 64.7 Å². The van der Waals surface area contributed by atoms with E-state index in [-0.39, 0.29) is 42.6 Å². The lowest BCUT2D eigenvalue weighted by molar-refractivity contribution is -0.284. The third-order valence-corrected chi connectivity index (χ3v) is 6.90. The smallest absolute Gasteiger partial charge is 0.334 e. The number of rotatable bonds is 12. The lowest BCUT2D eigenvalue weighted by atomic mass is 9.87. The van der Waals surface area contributed by atoms with Gasteiger partial charge in [-0.05, 0) is 67.0 Å². The molecule has 0 saturated carbocycles. The minimum absolute atomic E-state index is 0.0337. The summed E-state index contributed by atoms with van der Waals surface area (Å²) < 4.78 is 21.3. The molecule has 3 rings (SSSR count). The number of methoxy groups -OCH3 is 1. The molecule has 1 aliphatic rings. The van der Waals surface area contributed by atoms with Gasteiger partial charge < -0.3 is 44.5 Å². The van der Waals surface area contributed by atoms with Gasteiger partial charge in [-0.25, -0.2) is 4.79 Å². The molecule has 2 aromatic rings. The molecule has 0 aromatic heterocycles. The van der Waals surface area contributed by atoms with E-state index in [1.165, 1.54) is 32.2 Å². The Morgan fingerprint density at radius 3 is 2.46 bits per heavy atom. The van der Waals surface area contributed by atoms with Gasteiger partial charge in [-0.2, -0.15) is 0 Å². The number of aliphatic hydroxyl groups excluding tert-OH is 4. The van der Waals surface area contributed by atoms with Crippen molar-refractivity contribution in [3.63, 3.8) is 0 Å². The Hall–Kier alpha value is -3.48. The Kier molecular flexibility index (Phi) is 11.7. The predicted octanol–water partition coefficient (Wildman–Crippen LogP) is 1.82. The minimum atomic E-state index is -1.68. The molecule has 224 valence electrons. The summed E-state index contributed by atoms with van der Waals surface area (Å²) in [5.74, 6) is -1.88. The van der Waals surface area contributed by atoms with E-state index in [0.717, 1.165) is 18.1 Å². The Bertz CT molecular complexity index is 1210. The average molecular weight is 575 g/mol. The molecule has 1 fully saturated rings. The third kappa shape index (κ3) is 8.51. The zero-order valence-corrected chi connectivity index (χ0v) is 23.3. The molecule has 6 atom stereocenters. The van der Waals surface area contributed by atoms with Crippen molar-refractivity contribution < 1.29 is 54.1 Å². The van der Waals surface area contributed by atoms with Crippen molar-refractivity contribution in [2.45, 2.75) is 69.7 Å². The van der Waals surface area contributed by atoms with Gasteiger partial charge in [0.25, 0.3) is 0 Å². The van der Waals surface area contributed by atoms with Gasteiger partial charge >= 0.3 is 11.9 Å². The van der Waals surface area contributed by atoms with Crippen LogP contribution in [-0.4, -0.2) is 88.5 Å². The molecular formula is C30H38O11. The van der Waals surface area contributed by atoms with E-state index in [4.69, 9.17) is 18.9 Å². The molecule has 1 saturated heterocycles. The number of ether oxygens (including phenoxy) is 4. The summed E-state index contributed by atoms with van der Waals surface area (Å²) in [6.07, 6.45) is -4.50. The average Bonchev–Trinajstić information content (AvgIpc) is 2.93. The fraction of sp³-hybridized carbons (Fsp3) is 0.467. The molecule has 5 N–H and O–H groups in total. The molecule has 1 aliphatic heterocycles. The van der Waals surface area contributed by atoms with E-state index in [2.05, 4.69) is 0 Å². The summed E-state index contributed by atoms with van der Waals surface area (Å²) in [5.41, 5.74) is 2.34. The maximum Gasteiger partial charge on any atom is 0.334 e. The second-order valence-electron chi connectivity index (χ2n) is 9.90. The van der Waals surface area contributed by atoms with E-state index in [9.17, 15) is 35.1 Å². The molecule has 0 bridgehead atoms. The standard InChI is InChI=1S/C30H38O11/c1-17-26(35)27(40-18(2)33)28(30(37)39-17)41-29(36)23(14-20-7-8-24(34)25(15-20)38-3)16-22(10-12-32)21-6-4-5-19(13-21)9-11-31/h4-8,13-15,17,22,26-28,30-32,34-35,37H,9-12,16H2,1-3H3/b23-14+/t17-,22-,26-,27+,28+,30+/m0/s1. The molecule has 41 heavy (non-hydrogen) atoms. The number of hydrogen-bond donors (Lipinski definition) is 5. The summed E-state index contributed by atoms with van der Waals surface area (Å²) >= 11 is 0. The van der Waals surface area contributed by atoms with Crippen molar-refractivity contribution in [3.8, 4) is 11.5 Å². The highest BCUT2D eigenvalue weighted by atomic mass is 16.7. The van der Waals surface area contributed by atoms with Gasteiger partial charge in [0.05, 0.1) is 13.2 Å². The third-order valence-electron chi connectivity index (χ3n) is 6.90. The van der Waals surface area contributed by atoms with Crippen molar-refractivity contribution in [1.82, 2.24) is 0 Å². The Labute approximate surface area is 238 Å². The van der Waals surface area contributed by atoms with Crippen LogP contribution in [0.15, 0.2) is 48.0 Å². The van der Waals surface area contributed by atoms with Gasteiger partial charge in [0.2, 0.25) is 0 Å². The highest BCUT2D eigenvalue weighted by molar-refractivity contribution is 5.94. The topological polar surface area (TPSA) is 172 Å². The van der Waals surface area contributed by atoms with E-state index in [0.29, 0.717) is 18.4 Å². The number of phenols is 1. The SMILES string of the molecule is COc1cc(/C=C(\C[C@H](CCO)c2cccc(CCO)c2)C(=O)O[C@@H]2[C@H](OC(C)=O)[C@@H](O)[C@H](C)O[C@H]2O)ccc1O. The van der Waals surface area contributed by atoms with Crippen LogP contribution in [0, 0.1) is 0 Å². The van der Waals surface area contributed by atoms with E-state index in [1.54, 1.807) is 6.07 Å².